The average molecular weight is 326 g/mol. The molecule has 1 aromatic heterocycles. The van der Waals surface area contributed by atoms with Crippen molar-refractivity contribution in [1.82, 2.24) is 15.2 Å². The largest absolute Gasteiger partial charge is 0.370 e. The van der Waals surface area contributed by atoms with Crippen LogP contribution in [0.4, 0.5) is 5.82 Å². The van der Waals surface area contributed by atoms with Crippen LogP contribution in [-0.2, 0) is 6.54 Å². The van der Waals surface area contributed by atoms with Crippen molar-refractivity contribution in [3.63, 3.8) is 0 Å². The highest BCUT2D eigenvalue weighted by Gasteiger charge is 2.06. The molecule has 1 aromatic carbocycles. The van der Waals surface area contributed by atoms with Gasteiger partial charge in [-0.05, 0) is 57.2 Å². The third kappa shape index (κ3) is 5.66. The van der Waals surface area contributed by atoms with Crippen LogP contribution in [-0.4, -0.2) is 43.0 Å². The summed E-state index contributed by atoms with van der Waals surface area (Å²) < 4.78 is 0. The van der Waals surface area contributed by atoms with Crippen LogP contribution in [0.5, 0.6) is 0 Å². The fourth-order valence-electron chi connectivity index (χ4n) is 2.33. The van der Waals surface area contributed by atoms with Crippen LogP contribution in [0.15, 0.2) is 42.6 Å². The van der Waals surface area contributed by atoms with Crippen molar-refractivity contribution >= 4 is 11.7 Å². The number of aryl methyl sites for hydroxylation is 1. The zero-order chi connectivity index (χ0) is 17.4. The number of pyridine rings is 1. The van der Waals surface area contributed by atoms with Crippen LogP contribution in [0.25, 0.3) is 0 Å². The lowest BCUT2D eigenvalue weighted by Gasteiger charge is -2.11. The summed E-state index contributed by atoms with van der Waals surface area (Å²) in [5, 5.41) is 6.20. The van der Waals surface area contributed by atoms with Crippen molar-refractivity contribution in [2.45, 2.75) is 19.9 Å². The molecule has 0 atom stereocenters. The molecule has 0 aliphatic carbocycles. The van der Waals surface area contributed by atoms with Gasteiger partial charge in [-0.3, -0.25) is 4.79 Å². The predicted octanol–water partition coefficient (Wildman–Crippen LogP) is 2.68. The smallest absolute Gasteiger partial charge is 0.253 e. The Morgan fingerprint density at radius 2 is 1.96 bits per heavy atom. The minimum atomic E-state index is -0.107. The maximum atomic E-state index is 12.2. The normalized spacial score (nSPS) is 10.7. The lowest BCUT2D eigenvalue weighted by Crippen LogP contribution is -2.23. The minimum Gasteiger partial charge on any atom is -0.370 e. The number of nitrogens with zero attached hydrogens (tertiary/aromatic N) is 2. The number of anilines is 1. The van der Waals surface area contributed by atoms with Crippen LogP contribution in [0.2, 0.25) is 0 Å². The maximum Gasteiger partial charge on any atom is 0.253 e. The molecular formula is C19H26N4O. The van der Waals surface area contributed by atoms with Gasteiger partial charge in [0.15, 0.2) is 0 Å². The third-order valence-corrected chi connectivity index (χ3v) is 3.81. The lowest BCUT2D eigenvalue weighted by molar-refractivity contribution is 0.0950. The highest BCUT2D eigenvalue weighted by molar-refractivity contribution is 5.94. The van der Waals surface area contributed by atoms with Crippen LogP contribution < -0.4 is 10.6 Å². The lowest BCUT2D eigenvalue weighted by atomic mass is 10.1. The number of rotatable bonds is 8. The van der Waals surface area contributed by atoms with Gasteiger partial charge in [0.25, 0.3) is 5.91 Å². The van der Waals surface area contributed by atoms with E-state index in [2.05, 4.69) is 34.6 Å². The zero-order valence-electron chi connectivity index (χ0n) is 14.7. The van der Waals surface area contributed by atoms with E-state index in [9.17, 15) is 4.79 Å². The van der Waals surface area contributed by atoms with E-state index >= 15 is 0 Å². The molecule has 24 heavy (non-hydrogen) atoms. The molecule has 5 heteroatoms. The Hall–Kier alpha value is -2.40. The summed E-state index contributed by atoms with van der Waals surface area (Å²) in [6, 6.07) is 11.7. The van der Waals surface area contributed by atoms with E-state index in [4.69, 9.17) is 0 Å². The van der Waals surface area contributed by atoms with Crippen molar-refractivity contribution < 1.29 is 4.79 Å². The summed E-state index contributed by atoms with van der Waals surface area (Å²) in [5.74, 6) is 0.689. The molecule has 0 spiro atoms. The molecule has 0 radical (unpaired) electrons. The fraction of sp³-hybridized carbons (Fsp3) is 0.368. The van der Waals surface area contributed by atoms with Gasteiger partial charge in [0.2, 0.25) is 0 Å². The Morgan fingerprint density at radius 3 is 2.62 bits per heavy atom. The van der Waals surface area contributed by atoms with Crippen molar-refractivity contribution in [1.29, 1.82) is 0 Å². The molecule has 0 saturated heterocycles. The van der Waals surface area contributed by atoms with Crippen molar-refractivity contribution in [2.75, 3.05) is 32.5 Å². The zero-order valence-corrected chi connectivity index (χ0v) is 14.7. The highest BCUT2D eigenvalue weighted by Crippen LogP contribution is 2.08. The van der Waals surface area contributed by atoms with E-state index in [1.807, 2.05) is 37.3 Å². The Bertz CT molecular complexity index is 653. The summed E-state index contributed by atoms with van der Waals surface area (Å²) in [4.78, 5) is 18.7. The molecule has 0 aliphatic rings. The summed E-state index contributed by atoms with van der Waals surface area (Å²) >= 11 is 0. The molecule has 0 bridgehead atoms. The number of nitrogens with one attached hydrogen (secondary N) is 2. The van der Waals surface area contributed by atoms with Gasteiger partial charge in [-0.2, -0.15) is 0 Å². The first-order valence-corrected chi connectivity index (χ1v) is 8.23. The minimum absolute atomic E-state index is 0.107. The van der Waals surface area contributed by atoms with Crippen LogP contribution >= 0.6 is 0 Å². The molecule has 0 aliphatic heterocycles. The van der Waals surface area contributed by atoms with E-state index < -0.39 is 0 Å². The summed E-state index contributed by atoms with van der Waals surface area (Å²) in [5.41, 5.74) is 2.87. The van der Waals surface area contributed by atoms with Crippen molar-refractivity contribution in [3.8, 4) is 0 Å². The summed E-state index contributed by atoms with van der Waals surface area (Å²) in [6.07, 6.45) is 2.66. The quantitative estimate of drug-likeness (QED) is 0.732. The highest BCUT2D eigenvalue weighted by atomic mass is 16.1. The first kappa shape index (κ1) is 17.9. The van der Waals surface area contributed by atoms with Gasteiger partial charge in [0.05, 0.1) is 5.56 Å². The van der Waals surface area contributed by atoms with Crippen molar-refractivity contribution in [2.24, 2.45) is 0 Å². The van der Waals surface area contributed by atoms with Gasteiger partial charge in [0.1, 0.15) is 5.82 Å². The topological polar surface area (TPSA) is 57.3 Å². The number of benzene rings is 1. The maximum absolute atomic E-state index is 12.2. The van der Waals surface area contributed by atoms with Gasteiger partial charge < -0.3 is 15.5 Å². The van der Waals surface area contributed by atoms with Crippen LogP contribution in [0.3, 0.4) is 0 Å². The van der Waals surface area contributed by atoms with Gasteiger partial charge in [-0.25, -0.2) is 4.98 Å². The van der Waals surface area contributed by atoms with E-state index in [1.54, 1.807) is 12.3 Å². The second-order valence-corrected chi connectivity index (χ2v) is 6.12. The number of aromatic nitrogens is 1. The van der Waals surface area contributed by atoms with E-state index in [1.165, 1.54) is 5.56 Å². The van der Waals surface area contributed by atoms with Gasteiger partial charge in [-0.15, -0.1) is 0 Å². The van der Waals surface area contributed by atoms with E-state index in [0.717, 1.165) is 30.9 Å². The Morgan fingerprint density at radius 1 is 1.17 bits per heavy atom. The second-order valence-electron chi connectivity index (χ2n) is 6.12. The molecule has 0 saturated carbocycles. The molecular weight excluding hydrogens is 300 g/mol. The Balaban J connectivity index is 1.81. The standard InChI is InChI=1S/C19H26N4O/c1-15-7-4-5-8-16(15)13-22-19(24)17-9-10-18(21-14-17)20-11-6-12-23(2)3/h4-5,7-10,14H,6,11-13H2,1-3H3,(H,20,21)(H,22,24). The van der Waals surface area contributed by atoms with E-state index in [-0.39, 0.29) is 5.91 Å². The van der Waals surface area contributed by atoms with Crippen LogP contribution in [0.1, 0.15) is 27.9 Å². The molecule has 1 amide bonds. The summed E-state index contributed by atoms with van der Waals surface area (Å²) in [7, 11) is 4.12. The van der Waals surface area contributed by atoms with E-state index in [0.29, 0.717) is 12.1 Å². The number of carbonyl (C=O) groups excluding carboxylic acids is 1. The number of carbonyl (C=O) groups is 1. The Labute approximate surface area is 144 Å². The molecule has 128 valence electrons. The SMILES string of the molecule is Cc1ccccc1CNC(=O)c1ccc(NCCCN(C)C)nc1. The Kier molecular flexibility index (Phi) is 6.75. The monoisotopic (exact) mass is 326 g/mol. The second kappa shape index (κ2) is 9.03. The van der Waals surface area contributed by atoms with Gasteiger partial charge in [0, 0.05) is 19.3 Å². The van der Waals surface area contributed by atoms with Crippen LogP contribution in [0, 0.1) is 6.92 Å². The molecule has 2 rings (SSSR count). The third-order valence-electron chi connectivity index (χ3n) is 3.81. The number of hydrogen-bond donors (Lipinski definition) is 2. The predicted molar refractivity (Wildman–Crippen MR) is 98.2 cm³/mol. The molecule has 5 nitrogen and oxygen atoms in total. The average Bonchev–Trinajstić information content (AvgIpc) is 2.58. The number of amides is 1. The summed E-state index contributed by atoms with van der Waals surface area (Å²) in [6.45, 7) is 4.46. The first-order chi connectivity index (χ1) is 11.6. The first-order valence-electron chi connectivity index (χ1n) is 8.23. The van der Waals surface area contributed by atoms with Crippen molar-refractivity contribution in [3.05, 3.63) is 59.3 Å². The molecule has 0 unspecified atom stereocenters. The van der Waals surface area contributed by atoms with Gasteiger partial charge >= 0.3 is 0 Å². The molecule has 1 heterocycles. The number of hydrogen-bond acceptors (Lipinski definition) is 4. The fourth-order valence-corrected chi connectivity index (χ4v) is 2.33. The molecule has 0 fully saturated rings. The van der Waals surface area contributed by atoms with Gasteiger partial charge in [-0.1, -0.05) is 24.3 Å². The molecule has 2 aromatic rings. The molecule has 2 N–H and O–H groups in total.